The Kier molecular flexibility index (Phi) is 5.20. The minimum Gasteiger partial charge on any atom is -0.353 e. The third-order valence-electron chi connectivity index (χ3n) is 5.36. The van der Waals surface area contributed by atoms with Crippen molar-refractivity contribution in [3.05, 3.63) is 65.5 Å². The molecule has 1 fully saturated rings. The first-order chi connectivity index (χ1) is 14.0. The summed E-state index contributed by atoms with van der Waals surface area (Å²) in [4.78, 5) is 34.9. The van der Waals surface area contributed by atoms with Gasteiger partial charge in [-0.05, 0) is 20.8 Å². The summed E-state index contributed by atoms with van der Waals surface area (Å²) in [7, 11) is 0. The monoisotopic (exact) mass is 388 g/mol. The number of piperazine rings is 1. The predicted octanol–water partition coefficient (Wildman–Crippen LogP) is 2.82. The number of carbonyl (C=O) groups is 1. The number of hydrogen-bond acceptors (Lipinski definition) is 6. The van der Waals surface area contributed by atoms with Gasteiger partial charge in [0.25, 0.3) is 5.91 Å². The normalized spacial score (nSPS) is 14.2. The summed E-state index contributed by atoms with van der Waals surface area (Å²) in [6.45, 7) is 8.59. The molecule has 7 heteroatoms. The van der Waals surface area contributed by atoms with E-state index >= 15 is 0 Å². The highest BCUT2D eigenvalue weighted by atomic mass is 16.2. The van der Waals surface area contributed by atoms with Gasteiger partial charge >= 0.3 is 0 Å². The van der Waals surface area contributed by atoms with Crippen LogP contribution in [0.15, 0.2) is 42.9 Å². The van der Waals surface area contributed by atoms with Gasteiger partial charge in [-0.3, -0.25) is 4.79 Å². The molecule has 1 aliphatic rings. The van der Waals surface area contributed by atoms with E-state index in [0.717, 1.165) is 35.7 Å². The van der Waals surface area contributed by atoms with Gasteiger partial charge in [0.05, 0.1) is 11.3 Å². The maximum absolute atomic E-state index is 13.3. The summed E-state index contributed by atoms with van der Waals surface area (Å²) < 4.78 is 0. The van der Waals surface area contributed by atoms with E-state index in [2.05, 4.69) is 24.8 Å². The van der Waals surface area contributed by atoms with Gasteiger partial charge in [-0.1, -0.05) is 30.3 Å². The Bertz CT molecular complexity index is 1030. The van der Waals surface area contributed by atoms with Crippen molar-refractivity contribution in [1.29, 1.82) is 0 Å². The average Bonchev–Trinajstić information content (AvgIpc) is 2.76. The van der Waals surface area contributed by atoms with E-state index in [-0.39, 0.29) is 5.91 Å². The number of amides is 1. The van der Waals surface area contributed by atoms with Gasteiger partial charge in [0.15, 0.2) is 0 Å². The maximum Gasteiger partial charge on any atom is 0.257 e. The smallest absolute Gasteiger partial charge is 0.257 e. The number of aromatic nitrogens is 4. The molecule has 0 atom stereocenters. The van der Waals surface area contributed by atoms with Crippen molar-refractivity contribution in [1.82, 2.24) is 24.8 Å². The Hall–Kier alpha value is -3.35. The Morgan fingerprint density at radius 1 is 0.931 bits per heavy atom. The zero-order valence-electron chi connectivity index (χ0n) is 17.0. The van der Waals surface area contributed by atoms with Crippen molar-refractivity contribution < 1.29 is 4.79 Å². The summed E-state index contributed by atoms with van der Waals surface area (Å²) >= 11 is 0. The van der Waals surface area contributed by atoms with E-state index in [1.54, 1.807) is 12.5 Å². The van der Waals surface area contributed by atoms with E-state index in [4.69, 9.17) is 0 Å². The van der Waals surface area contributed by atoms with Crippen LogP contribution in [-0.4, -0.2) is 56.9 Å². The fraction of sp³-hybridized carbons (Fsp3) is 0.318. The first-order valence-corrected chi connectivity index (χ1v) is 9.76. The summed E-state index contributed by atoms with van der Waals surface area (Å²) in [6, 6.07) is 9.79. The summed E-state index contributed by atoms with van der Waals surface area (Å²) in [5, 5.41) is 0. The van der Waals surface area contributed by atoms with Crippen LogP contribution in [0.25, 0.3) is 11.3 Å². The van der Waals surface area contributed by atoms with Crippen molar-refractivity contribution in [2.45, 2.75) is 20.8 Å². The molecule has 7 nitrogen and oxygen atoms in total. The molecule has 0 spiro atoms. The summed E-state index contributed by atoms with van der Waals surface area (Å²) in [5.74, 6) is 1.58. The fourth-order valence-electron chi connectivity index (χ4n) is 3.58. The molecule has 29 heavy (non-hydrogen) atoms. The van der Waals surface area contributed by atoms with E-state index in [1.165, 1.54) is 0 Å². The summed E-state index contributed by atoms with van der Waals surface area (Å²) in [5.41, 5.74) is 4.23. The molecule has 0 bridgehead atoms. The topological polar surface area (TPSA) is 75.1 Å². The molecule has 2 aromatic heterocycles. The molecular formula is C22H24N6O. The number of benzene rings is 1. The van der Waals surface area contributed by atoms with Crippen molar-refractivity contribution in [3.8, 4) is 11.3 Å². The lowest BCUT2D eigenvalue weighted by Gasteiger charge is -2.36. The van der Waals surface area contributed by atoms with Gasteiger partial charge in [0.2, 0.25) is 0 Å². The second-order valence-corrected chi connectivity index (χ2v) is 7.23. The molecule has 0 radical (unpaired) electrons. The molecule has 148 valence electrons. The number of nitrogens with zero attached hydrogens (tertiary/aromatic N) is 6. The van der Waals surface area contributed by atoms with Crippen LogP contribution in [0.1, 0.15) is 27.4 Å². The van der Waals surface area contributed by atoms with Crippen molar-refractivity contribution in [2.24, 2.45) is 0 Å². The Balaban J connectivity index is 1.54. The molecule has 3 aromatic rings. The molecule has 0 aliphatic carbocycles. The third-order valence-corrected chi connectivity index (χ3v) is 5.36. The minimum atomic E-state index is -0.0286. The first kappa shape index (κ1) is 19.0. The van der Waals surface area contributed by atoms with Crippen LogP contribution in [-0.2, 0) is 0 Å². The van der Waals surface area contributed by atoms with Crippen LogP contribution in [0.2, 0.25) is 0 Å². The largest absolute Gasteiger partial charge is 0.353 e. The van der Waals surface area contributed by atoms with E-state index in [0.29, 0.717) is 30.2 Å². The number of rotatable bonds is 3. The van der Waals surface area contributed by atoms with E-state index < -0.39 is 0 Å². The van der Waals surface area contributed by atoms with Gasteiger partial charge in [-0.15, -0.1) is 0 Å². The number of aryl methyl sites for hydroxylation is 2. The van der Waals surface area contributed by atoms with Crippen molar-refractivity contribution >= 4 is 11.7 Å². The highest BCUT2D eigenvalue weighted by molar-refractivity contribution is 5.99. The SMILES string of the molecule is Cc1ncc(C(=O)N2CCN(c3ncnc(C)c3C)CC2)c(-c2ccccc2)n1. The molecule has 1 saturated heterocycles. The molecule has 4 rings (SSSR count). The molecule has 0 saturated carbocycles. The Morgan fingerprint density at radius 3 is 2.38 bits per heavy atom. The number of hydrogen-bond donors (Lipinski definition) is 0. The average molecular weight is 388 g/mol. The van der Waals surface area contributed by atoms with Gasteiger partial charge < -0.3 is 9.80 Å². The molecule has 0 N–H and O–H groups in total. The first-order valence-electron chi connectivity index (χ1n) is 9.76. The van der Waals surface area contributed by atoms with Crippen LogP contribution >= 0.6 is 0 Å². The van der Waals surface area contributed by atoms with Crippen LogP contribution < -0.4 is 4.90 Å². The fourth-order valence-corrected chi connectivity index (χ4v) is 3.58. The maximum atomic E-state index is 13.3. The van der Waals surface area contributed by atoms with Crippen LogP contribution in [0.5, 0.6) is 0 Å². The zero-order chi connectivity index (χ0) is 20.4. The molecule has 1 amide bonds. The zero-order valence-corrected chi connectivity index (χ0v) is 17.0. The molecule has 3 heterocycles. The lowest BCUT2D eigenvalue weighted by molar-refractivity contribution is 0.0746. The molecular weight excluding hydrogens is 364 g/mol. The number of anilines is 1. The Labute approximate surface area is 170 Å². The van der Waals surface area contributed by atoms with Crippen LogP contribution in [0.3, 0.4) is 0 Å². The minimum absolute atomic E-state index is 0.0286. The van der Waals surface area contributed by atoms with Crippen molar-refractivity contribution in [2.75, 3.05) is 31.1 Å². The molecule has 0 unspecified atom stereocenters. The number of carbonyl (C=O) groups excluding carboxylic acids is 1. The van der Waals surface area contributed by atoms with Gasteiger partial charge in [-0.25, -0.2) is 19.9 Å². The van der Waals surface area contributed by atoms with Gasteiger partial charge in [0.1, 0.15) is 18.0 Å². The van der Waals surface area contributed by atoms with Crippen LogP contribution in [0.4, 0.5) is 5.82 Å². The van der Waals surface area contributed by atoms with E-state index in [9.17, 15) is 4.79 Å². The van der Waals surface area contributed by atoms with Gasteiger partial charge in [0, 0.05) is 49.2 Å². The molecule has 1 aromatic carbocycles. The lowest BCUT2D eigenvalue weighted by Crippen LogP contribution is -2.49. The summed E-state index contributed by atoms with van der Waals surface area (Å²) in [6.07, 6.45) is 3.25. The second kappa shape index (κ2) is 7.95. The third kappa shape index (κ3) is 3.81. The van der Waals surface area contributed by atoms with Crippen molar-refractivity contribution in [3.63, 3.8) is 0 Å². The highest BCUT2D eigenvalue weighted by Gasteiger charge is 2.26. The lowest BCUT2D eigenvalue weighted by atomic mass is 10.1. The predicted molar refractivity (Wildman–Crippen MR) is 112 cm³/mol. The van der Waals surface area contributed by atoms with Gasteiger partial charge in [-0.2, -0.15) is 0 Å². The standard InChI is InChI=1S/C22H24N6O/c1-15-16(2)24-14-25-21(15)27-9-11-28(12-10-27)22(29)19-13-23-17(3)26-20(19)18-7-5-4-6-8-18/h4-8,13-14H,9-12H2,1-3H3. The van der Waals surface area contributed by atoms with E-state index in [1.807, 2.05) is 56.0 Å². The molecule has 1 aliphatic heterocycles. The van der Waals surface area contributed by atoms with Crippen LogP contribution in [0, 0.1) is 20.8 Å². The quantitative estimate of drug-likeness (QED) is 0.687. The highest BCUT2D eigenvalue weighted by Crippen LogP contribution is 2.24. The Morgan fingerprint density at radius 2 is 1.66 bits per heavy atom. The second-order valence-electron chi connectivity index (χ2n) is 7.23.